The van der Waals surface area contributed by atoms with Crippen LogP contribution in [0.3, 0.4) is 0 Å². The summed E-state index contributed by atoms with van der Waals surface area (Å²) in [6.07, 6.45) is 4.35. The molecule has 0 aliphatic carbocycles. The maximum atomic E-state index is 11.8. The van der Waals surface area contributed by atoms with Crippen molar-refractivity contribution in [2.24, 2.45) is 7.05 Å². The summed E-state index contributed by atoms with van der Waals surface area (Å²) in [6, 6.07) is -1.12. The highest BCUT2D eigenvalue weighted by atomic mass is 32.1. The summed E-state index contributed by atoms with van der Waals surface area (Å²) < 4.78 is 1.48. The number of aromatic nitrogens is 3. The van der Waals surface area contributed by atoms with Crippen molar-refractivity contribution in [3.63, 3.8) is 0 Å². The van der Waals surface area contributed by atoms with Gasteiger partial charge in [0, 0.05) is 18.8 Å². The second kappa shape index (κ2) is 4.96. The van der Waals surface area contributed by atoms with E-state index in [1.807, 2.05) is 0 Å². The van der Waals surface area contributed by atoms with Gasteiger partial charge in [-0.1, -0.05) is 0 Å². The lowest BCUT2D eigenvalue weighted by Gasteiger charge is -2.11. The molecule has 7 nitrogen and oxygen atoms in total. The van der Waals surface area contributed by atoms with Crippen molar-refractivity contribution in [1.82, 2.24) is 20.1 Å². The van der Waals surface area contributed by atoms with Crippen LogP contribution < -0.4 is 5.32 Å². The molecule has 0 fully saturated rings. The number of aryl methyl sites for hydroxylation is 1. The summed E-state index contributed by atoms with van der Waals surface area (Å²) in [5.41, 5.74) is 1.93. The van der Waals surface area contributed by atoms with Crippen molar-refractivity contribution in [1.29, 1.82) is 0 Å². The lowest BCUT2D eigenvalue weighted by Crippen LogP contribution is -2.33. The van der Waals surface area contributed by atoms with Crippen LogP contribution in [0.5, 0.6) is 0 Å². The van der Waals surface area contributed by atoms with Crippen LogP contribution in [0.4, 0.5) is 0 Å². The van der Waals surface area contributed by atoms with Gasteiger partial charge in [0.2, 0.25) is 0 Å². The molecule has 1 amide bonds. The van der Waals surface area contributed by atoms with Gasteiger partial charge in [-0.25, -0.2) is 4.79 Å². The van der Waals surface area contributed by atoms with E-state index in [0.29, 0.717) is 10.4 Å². The maximum Gasteiger partial charge on any atom is 0.331 e. The van der Waals surface area contributed by atoms with Crippen molar-refractivity contribution in [3.8, 4) is 0 Å². The molecule has 2 rings (SSSR count). The zero-order chi connectivity index (χ0) is 13.1. The normalized spacial score (nSPS) is 12.1. The fraction of sp³-hybridized carbons (Fsp3) is 0.200. The number of hydrogen-bond donors (Lipinski definition) is 2. The number of nitrogens with zero attached hydrogens (tertiary/aromatic N) is 3. The molecule has 2 aromatic heterocycles. The van der Waals surface area contributed by atoms with E-state index in [1.165, 1.54) is 22.6 Å². The smallest absolute Gasteiger partial charge is 0.331 e. The van der Waals surface area contributed by atoms with Crippen LogP contribution in [0.25, 0.3) is 0 Å². The van der Waals surface area contributed by atoms with Crippen LogP contribution in [-0.2, 0) is 11.8 Å². The number of carboxylic acid groups (broad SMARTS) is 1. The lowest BCUT2D eigenvalue weighted by atomic mass is 10.1. The number of carbonyl (C=O) groups excluding carboxylic acids is 1. The second-order valence-corrected chi connectivity index (χ2v) is 4.44. The first kappa shape index (κ1) is 12.2. The fourth-order valence-corrected chi connectivity index (χ4v) is 1.93. The first-order valence-corrected chi connectivity index (χ1v) is 5.86. The van der Waals surface area contributed by atoms with Gasteiger partial charge < -0.3 is 10.4 Å². The number of hydrogen-bond acceptors (Lipinski definition) is 5. The Morgan fingerprint density at radius 2 is 2.28 bits per heavy atom. The van der Waals surface area contributed by atoms with Gasteiger partial charge in [0.1, 0.15) is 4.88 Å². The molecule has 0 saturated heterocycles. The molecule has 1 atom stereocenters. The Hall–Kier alpha value is -2.22. The van der Waals surface area contributed by atoms with Gasteiger partial charge in [0.15, 0.2) is 6.04 Å². The lowest BCUT2D eigenvalue weighted by molar-refractivity contribution is -0.139. The molecule has 0 aromatic carbocycles. The highest BCUT2D eigenvalue weighted by molar-refractivity contribution is 7.11. The topological polar surface area (TPSA) is 97.1 Å². The molecule has 0 aliphatic heterocycles. The highest BCUT2D eigenvalue weighted by Gasteiger charge is 2.24. The molecular formula is C10H10N4O3S. The van der Waals surface area contributed by atoms with Gasteiger partial charge >= 0.3 is 5.97 Å². The average molecular weight is 266 g/mol. The van der Waals surface area contributed by atoms with Gasteiger partial charge in [0.05, 0.1) is 17.9 Å². The number of aliphatic carboxylic acids is 1. The number of amides is 1. The van der Waals surface area contributed by atoms with Crippen LogP contribution in [0.2, 0.25) is 0 Å². The molecular weight excluding hydrogens is 256 g/mol. The van der Waals surface area contributed by atoms with Gasteiger partial charge in [-0.3, -0.25) is 14.5 Å². The van der Waals surface area contributed by atoms with Crippen molar-refractivity contribution in [2.45, 2.75) is 6.04 Å². The van der Waals surface area contributed by atoms with Gasteiger partial charge in [-0.2, -0.15) is 5.10 Å². The summed E-state index contributed by atoms with van der Waals surface area (Å²) in [6.45, 7) is 0. The first-order chi connectivity index (χ1) is 8.58. The predicted molar refractivity (Wildman–Crippen MR) is 63.2 cm³/mol. The Morgan fingerprint density at radius 1 is 1.50 bits per heavy atom. The van der Waals surface area contributed by atoms with E-state index in [1.54, 1.807) is 13.2 Å². The predicted octanol–water partition coefficient (Wildman–Crippen LogP) is 0.432. The Labute approximate surface area is 106 Å². The molecule has 8 heteroatoms. The summed E-state index contributed by atoms with van der Waals surface area (Å²) in [5, 5.41) is 15.4. The molecule has 0 aliphatic rings. The summed E-state index contributed by atoms with van der Waals surface area (Å²) in [7, 11) is 1.67. The Bertz CT molecular complexity index is 563. The monoisotopic (exact) mass is 266 g/mol. The zero-order valence-corrected chi connectivity index (χ0v) is 10.2. The quantitative estimate of drug-likeness (QED) is 0.836. The van der Waals surface area contributed by atoms with Crippen LogP contribution in [0.15, 0.2) is 24.1 Å². The fourth-order valence-electron chi connectivity index (χ4n) is 1.41. The molecule has 94 valence electrons. The van der Waals surface area contributed by atoms with Crippen LogP contribution in [0, 0.1) is 0 Å². The SMILES string of the molecule is Cn1cc(C(NC(=O)c2cncs2)C(=O)O)cn1. The minimum Gasteiger partial charge on any atom is -0.479 e. The van der Waals surface area contributed by atoms with E-state index >= 15 is 0 Å². The van der Waals surface area contributed by atoms with Crippen molar-refractivity contribution in [3.05, 3.63) is 34.5 Å². The third-order valence-corrected chi connectivity index (χ3v) is 3.01. The molecule has 2 N–H and O–H groups in total. The van der Waals surface area contributed by atoms with Crippen LogP contribution in [-0.4, -0.2) is 31.7 Å². The molecule has 0 radical (unpaired) electrons. The molecule has 0 spiro atoms. The second-order valence-electron chi connectivity index (χ2n) is 3.56. The Balaban J connectivity index is 2.17. The first-order valence-electron chi connectivity index (χ1n) is 4.98. The minimum absolute atomic E-state index is 0.366. The Kier molecular flexibility index (Phi) is 3.38. The summed E-state index contributed by atoms with van der Waals surface area (Å²) in [4.78, 5) is 27.1. The van der Waals surface area contributed by atoms with E-state index in [4.69, 9.17) is 5.11 Å². The number of carboxylic acids is 1. The third kappa shape index (κ3) is 2.54. The van der Waals surface area contributed by atoms with Crippen molar-refractivity contribution >= 4 is 23.2 Å². The van der Waals surface area contributed by atoms with E-state index in [0.717, 1.165) is 11.3 Å². The van der Waals surface area contributed by atoms with Crippen molar-refractivity contribution < 1.29 is 14.7 Å². The number of rotatable bonds is 4. The number of nitrogens with one attached hydrogen (secondary N) is 1. The van der Waals surface area contributed by atoms with Crippen LogP contribution in [0.1, 0.15) is 21.3 Å². The summed E-state index contributed by atoms with van der Waals surface area (Å²) >= 11 is 1.15. The molecule has 0 bridgehead atoms. The largest absolute Gasteiger partial charge is 0.479 e. The molecule has 18 heavy (non-hydrogen) atoms. The van der Waals surface area contributed by atoms with Gasteiger partial charge in [-0.05, 0) is 0 Å². The van der Waals surface area contributed by atoms with E-state index in [2.05, 4.69) is 15.4 Å². The molecule has 0 saturated carbocycles. The number of thiazole rings is 1. The van der Waals surface area contributed by atoms with E-state index in [9.17, 15) is 9.59 Å². The molecule has 2 aromatic rings. The third-order valence-electron chi connectivity index (χ3n) is 2.24. The molecule has 1 unspecified atom stereocenters. The van der Waals surface area contributed by atoms with Gasteiger partial charge in [-0.15, -0.1) is 11.3 Å². The van der Waals surface area contributed by atoms with Gasteiger partial charge in [0.25, 0.3) is 5.91 Å². The zero-order valence-electron chi connectivity index (χ0n) is 9.40. The molecule has 2 heterocycles. The average Bonchev–Trinajstić information content (AvgIpc) is 2.95. The van der Waals surface area contributed by atoms with Crippen molar-refractivity contribution in [2.75, 3.05) is 0 Å². The van der Waals surface area contributed by atoms with E-state index < -0.39 is 17.9 Å². The Morgan fingerprint density at radius 3 is 2.78 bits per heavy atom. The highest BCUT2D eigenvalue weighted by Crippen LogP contribution is 2.14. The standard InChI is InChI=1S/C10H10N4O3S/c1-14-4-6(2-12-14)8(10(16)17)13-9(15)7-3-11-5-18-7/h2-5,8H,1H3,(H,13,15)(H,16,17). The minimum atomic E-state index is -1.14. The summed E-state index contributed by atoms with van der Waals surface area (Å²) in [5.74, 6) is -1.60. The maximum absolute atomic E-state index is 11.8. The van der Waals surface area contributed by atoms with Crippen LogP contribution >= 0.6 is 11.3 Å². The van der Waals surface area contributed by atoms with E-state index in [-0.39, 0.29) is 0 Å². The number of carbonyl (C=O) groups is 2.